The minimum Gasteiger partial charge on any atom is -0.399 e. The van der Waals surface area contributed by atoms with Crippen LogP contribution in [-0.2, 0) is 4.79 Å². The molecule has 1 aromatic rings. The minimum atomic E-state index is 0.0141. The van der Waals surface area contributed by atoms with E-state index in [2.05, 4.69) is 10.2 Å². The number of halogens is 1. The van der Waals surface area contributed by atoms with Gasteiger partial charge in [-0.3, -0.25) is 4.79 Å². The van der Waals surface area contributed by atoms with Crippen molar-refractivity contribution in [1.29, 1.82) is 0 Å². The van der Waals surface area contributed by atoms with Crippen LogP contribution in [0, 0.1) is 0 Å². The first-order chi connectivity index (χ1) is 8.06. The van der Waals surface area contributed by atoms with Gasteiger partial charge in [0.25, 0.3) is 0 Å². The molecule has 1 aliphatic heterocycles. The number of rotatable bonds is 2. The SMILES string of the molecule is CC(=O)NC1CCN(c2ccc(N)cc2Cl)C1. The Morgan fingerprint density at radius 2 is 2.35 bits per heavy atom. The van der Waals surface area contributed by atoms with Crippen molar-refractivity contribution in [1.82, 2.24) is 5.32 Å². The smallest absolute Gasteiger partial charge is 0.217 e. The second-order valence-corrected chi connectivity index (χ2v) is 4.75. The second-order valence-electron chi connectivity index (χ2n) is 4.34. The Bertz CT molecular complexity index is 436. The first-order valence-corrected chi connectivity index (χ1v) is 6.01. The lowest BCUT2D eigenvalue weighted by molar-refractivity contribution is -0.119. The summed E-state index contributed by atoms with van der Waals surface area (Å²) in [6, 6.07) is 5.73. The topological polar surface area (TPSA) is 58.4 Å². The van der Waals surface area contributed by atoms with Crippen LogP contribution in [0.1, 0.15) is 13.3 Å². The molecule has 92 valence electrons. The van der Waals surface area contributed by atoms with E-state index >= 15 is 0 Å². The van der Waals surface area contributed by atoms with E-state index in [4.69, 9.17) is 17.3 Å². The number of nitrogen functional groups attached to an aromatic ring is 1. The van der Waals surface area contributed by atoms with E-state index in [9.17, 15) is 4.79 Å². The lowest BCUT2D eigenvalue weighted by atomic mass is 10.2. The second kappa shape index (κ2) is 4.84. The molecule has 1 aromatic carbocycles. The predicted molar refractivity (Wildman–Crippen MR) is 70.3 cm³/mol. The molecule has 0 saturated carbocycles. The largest absolute Gasteiger partial charge is 0.399 e. The summed E-state index contributed by atoms with van der Waals surface area (Å²) >= 11 is 6.15. The molecule has 3 N–H and O–H groups in total. The van der Waals surface area contributed by atoms with Crippen molar-refractivity contribution in [2.45, 2.75) is 19.4 Å². The molecule has 1 fully saturated rings. The van der Waals surface area contributed by atoms with Crippen molar-refractivity contribution >= 4 is 28.9 Å². The van der Waals surface area contributed by atoms with Crippen molar-refractivity contribution in [2.24, 2.45) is 0 Å². The van der Waals surface area contributed by atoms with Crippen LogP contribution in [-0.4, -0.2) is 25.0 Å². The number of amides is 1. The van der Waals surface area contributed by atoms with E-state index in [1.807, 2.05) is 12.1 Å². The van der Waals surface area contributed by atoms with Crippen molar-refractivity contribution in [3.8, 4) is 0 Å². The lowest BCUT2D eigenvalue weighted by Crippen LogP contribution is -2.35. The fraction of sp³-hybridized carbons (Fsp3) is 0.417. The van der Waals surface area contributed by atoms with Crippen LogP contribution >= 0.6 is 11.6 Å². The zero-order valence-corrected chi connectivity index (χ0v) is 10.5. The first-order valence-electron chi connectivity index (χ1n) is 5.63. The monoisotopic (exact) mass is 253 g/mol. The highest BCUT2D eigenvalue weighted by atomic mass is 35.5. The summed E-state index contributed by atoms with van der Waals surface area (Å²) in [5.41, 5.74) is 7.30. The zero-order valence-electron chi connectivity index (χ0n) is 9.74. The van der Waals surface area contributed by atoms with Gasteiger partial charge in [-0.05, 0) is 24.6 Å². The van der Waals surface area contributed by atoms with Crippen LogP contribution < -0.4 is 16.0 Å². The maximum atomic E-state index is 11.0. The van der Waals surface area contributed by atoms with Gasteiger partial charge >= 0.3 is 0 Å². The number of carbonyl (C=O) groups excluding carboxylic acids is 1. The standard InChI is InChI=1S/C12H16ClN3O/c1-8(17)15-10-4-5-16(7-10)12-3-2-9(14)6-11(12)13/h2-3,6,10H,4-5,7,14H2,1H3,(H,15,17). The predicted octanol–water partition coefficient (Wildman–Crippen LogP) is 1.64. The normalized spacial score (nSPS) is 19.4. The number of benzene rings is 1. The Balaban J connectivity index is 2.07. The first kappa shape index (κ1) is 12.0. The zero-order chi connectivity index (χ0) is 12.4. The van der Waals surface area contributed by atoms with Gasteiger partial charge < -0.3 is 16.0 Å². The molecular formula is C12H16ClN3O. The van der Waals surface area contributed by atoms with Gasteiger partial charge in [-0.15, -0.1) is 0 Å². The molecule has 1 unspecified atom stereocenters. The Kier molecular flexibility index (Phi) is 3.43. The molecule has 0 bridgehead atoms. The van der Waals surface area contributed by atoms with Crippen molar-refractivity contribution in [3.63, 3.8) is 0 Å². The number of hydrogen-bond donors (Lipinski definition) is 2. The summed E-state index contributed by atoms with van der Waals surface area (Å²) < 4.78 is 0. The van der Waals surface area contributed by atoms with Crippen LogP contribution in [0.2, 0.25) is 5.02 Å². The fourth-order valence-corrected chi connectivity index (χ4v) is 2.47. The van der Waals surface area contributed by atoms with Gasteiger partial charge in [0.15, 0.2) is 0 Å². The van der Waals surface area contributed by atoms with Crippen molar-refractivity contribution < 1.29 is 4.79 Å². The van der Waals surface area contributed by atoms with Gasteiger partial charge in [-0.25, -0.2) is 0 Å². The van der Waals surface area contributed by atoms with Gasteiger partial charge in [0, 0.05) is 31.7 Å². The van der Waals surface area contributed by atoms with E-state index < -0.39 is 0 Å². The van der Waals surface area contributed by atoms with Crippen LogP contribution in [0.5, 0.6) is 0 Å². The molecule has 1 heterocycles. The molecule has 1 atom stereocenters. The van der Waals surface area contributed by atoms with Gasteiger partial charge in [-0.1, -0.05) is 11.6 Å². The lowest BCUT2D eigenvalue weighted by Gasteiger charge is -2.20. The van der Waals surface area contributed by atoms with Crippen LogP contribution in [0.4, 0.5) is 11.4 Å². The summed E-state index contributed by atoms with van der Waals surface area (Å²) in [6.45, 7) is 3.23. The molecule has 4 nitrogen and oxygen atoms in total. The number of anilines is 2. The van der Waals surface area contributed by atoms with E-state index in [1.165, 1.54) is 0 Å². The number of carbonyl (C=O) groups is 1. The molecule has 0 aliphatic carbocycles. The van der Waals surface area contributed by atoms with Gasteiger partial charge in [0.1, 0.15) is 0 Å². The Hall–Kier alpha value is -1.42. The van der Waals surface area contributed by atoms with Crippen molar-refractivity contribution in [3.05, 3.63) is 23.2 Å². The minimum absolute atomic E-state index is 0.0141. The Morgan fingerprint density at radius 1 is 1.59 bits per heavy atom. The number of nitrogens with zero attached hydrogens (tertiary/aromatic N) is 1. The Labute approximate surface area is 106 Å². The molecular weight excluding hydrogens is 238 g/mol. The van der Waals surface area contributed by atoms with Crippen LogP contribution in [0.15, 0.2) is 18.2 Å². The van der Waals surface area contributed by atoms with E-state index in [0.29, 0.717) is 10.7 Å². The summed E-state index contributed by atoms with van der Waals surface area (Å²) in [6.07, 6.45) is 0.945. The van der Waals surface area contributed by atoms with Crippen LogP contribution in [0.3, 0.4) is 0 Å². The average Bonchev–Trinajstić information content (AvgIpc) is 2.65. The summed E-state index contributed by atoms with van der Waals surface area (Å²) in [7, 11) is 0. The maximum Gasteiger partial charge on any atom is 0.217 e. The molecule has 2 rings (SSSR count). The number of hydrogen-bond acceptors (Lipinski definition) is 3. The highest BCUT2D eigenvalue weighted by Gasteiger charge is 2.24. The summed E-state index contributed by atoms with van der Waals surface area (Å²) in [5.74, 6) is 0.0141. The van der Waals surface area contributed by atoms with Crippen LogP contribution in [0.25, 0.3) is 0 Å². The fourth-order valence-electron chi connectivity index (χ4n) is 2.16. The molecule has 0 aromatic heterocycles. The molecule has 1 amide bonds. The molecule has 0 spiro atoms. The molecule has 0 radical (unpaired) electrons. The summed E-state index contributed by atoms with van der Waals surface area (Å²) in [4.78, 5) is 13.2. The molecule has 5 heteroatoms. The average molecular weight is 254 g/mol. The maximum absolute atomic E-state index is 11.0. The van der Waals surface area contributed by atoms with Gasteiger partial charge in [0.05, 0.1) is 10.7 Å². The number of nitrogens with one attached hydrogen (secondary N) is 1. The molecule has 1 saturated heterocycles. The van der Waals surface area contributed by atoms with Crippen molar-refractivity contribution in [2.75, 3.05) is 23.7 Å². The third kappa shape index (κ3) is 2.82. The Morgan fingerprint density at radius 3 is 3.00 bits per heavy atom. The molecule has 1 aliphatic rings. The highest BCUT2D eigenvalue weighted by Crippen LogP contribution is 2.30. The molecule has 17 heavy (non-hydrogen) atoms. The highest BCUT2D eigenvalue weighted by molar-refractivity contribution is 6.33. The third-order valence-corrected chi connectivity index (χ3v) is 3.21. The van der Waals surface area contributed by atoms with E-state index in [0.717, 1.165) is 25.2 Å². The van der Waals surface area contributed by atoms with Gasteiger partial charge in [-0.2, -0.15) is 0 Å². The number of nitrogens with two attached hydrogens (primary N) is 1. The van der Waals surface area contributed by atoms with E-state index in [-0.39, 0.29) is 11.9 Å². The third-order valence-electron chi connectivity index (χ3n) is 2.91. The van der Waals surface area contributed by atoms with Gasteiger partial charge in [0.2, 0.25) is 5.91 Å². The quantitative estimate of drug-likeness (QED) is 0.788. The van der Waals surface area contributed by atoms with E-state index in [1.54, 1.807) is 13.0 Å². The summed E-state index contributed by atoms with van der Waals surface area (Å²) in [5, 5.41) is 3.58.